The summed E-state index contributed by atoms with van der Waals surface area (Å²) < 4.78 is 27.3. The van der Waals surface area contributed by atoms with Crippen LogP contribution < -0.4 is 5.73 Å². The first-order chi connectivity index (χ1) is 9.57. The van der Waals surface area contributed by atoms with Crippen LogP contribution in [0.4, 0.5) is 8.78 Å². The summed E-state index contributed by atoms with van der Waals surface area (Å²) in [6.45, 7) is 3.76. The van der Waals surface area contributed by atoms with Gasteiger partial charge in [-0.15, -0.1) is 0 Å². The van der Waals surface area contributed by atoms with Gasteiger partial charge in [-0.3, -0.25) is 0 Å². The van der Waals surface area contributed by atoms with Crippen LogP contribution in [0.15, 0.2) is 12.1 Å². The second kappa shape index (κ2) is 9.06. The number of hydrogen-bond donors (Lipinski definition) is 1. The number of unbranched alkanes of at least 4 members (excludes halogenated alkanes) is 6. The molecule has 3 heteroatoms. The Labute approximate surface area is 121 Å². The molecule has 1 aromatic rings. The molecule has 0 bridgehead atoms. The van der Waals surface area contributed by atoms with Crippen molar-refractivity contribution >= 4 is 0 Å². The zero-order valence-corrected chi connectivity index (χ0v) is 12.7. The van der Waals surface area contributed by atoms with Crippen LogP contribution in [0.1, 0.15) is 75.5 Å². The third-order valence-electron chi connectivity index (χ3n) is 3.82. The van der Waals surface area contributed by atoms with Crippen molar-refractivity contribution in [3.8, 4) is 0 Å². The molecule has 1 nitrogen and oxygen atoms in total. The van der Waals surface area contributed by atoms with Gasteiger partial charge >= 0.3 is 0 Å². The van der Waals surface area contributed by atoms with Gasteiger partial charge in [0.25, 0.3) is 0 Å². The van der Waals surface area contributed by atoms with Crippen LogP contribution in [0, 0.1) is 18.6 Å². The van der Waals surface area contributed by atoms with Crippen LogP contribution in [0.5, 0.6) is 0 Å². The minimum Gasteiger partial charge on any atom is -0.324 e. The fraction of sp³-hybridized carbons (Fsp3) is 0.647. The molecule has 0 saturated heterocycles. The highest BCUT2D eigenvalue weighted by Gasteiger charge is 2.16. The predicted molar refractivity (Wildman–Crippen MR) is 80.6 cm³/mol. The van der Waals surface area contributed by atoms with Gasteiger partial charge in [0.2, 0.25) is 0 Å². The van der Waals surface area contributed by atoms with Gasteiger partial charge in [-0.1, -0.05) is 64.0 Å². The predicted octanol–water partition coefficient (Wildman–Crippen LogP) is 5.41. The molecule has 1 aromatic carbocycles. The van der Waals surface area contributed by atoms with E-state index in [-0.39, 0.29) is 0 Å². The van der Waals surface area contributed by atoms with Gasteiger partial charge in [0.15, 0.2) is 11.6 Å². The number of hydrogen-bond acceptors (Lipinski definition) is 1. The number of rotatable bonds is 9. The van der Waals surface area contributed by atoms with Gasteiger partial charge in [0, 0.05) is 11.6 Å². The van der Waals surface area contributed by atoms with Crippen LogP contribution in [0.25, 0.3) is 0 Å². The monoisotopic (exact) mass is 283 g/mol. The summed E-state index contributed by atoms with van der Waals surface area (Å²) in [6.07, 6.45) is 9.12. The molecule has 1 unspecified atom stereocenters. The van der Waals surface area contributed by atoms with Crippen LogP contribution in [0.3, 0.4) is 0 Å². The van der Waals surface area contributed by atoms with E-state index in [1.54, 1.807) is 19.1 Å². The van der Waals surface area contributed by atoms with Gasteiger partial charge < -0.3 is 5.73 Å². The Morgan fingerprint density at radius 3 is 2.20 bits per heavy atom. The van der Waals surface area contributed by atoms with Gasteiger partial charge in [-0.2, -0.15) is 0 Å². The molecule has 1 rings (SSSR count). The fourth-order valence-electron chi connectivity index (χ4n) is 2.42. The first-order valence-electron chi connectivity index (χ1n) is 7.78. The third kappa shape index (κ3) is 5.20. The third-order valence-corrected chi connectivity index (χ3v) is 3.82. The first-order valence-corrected chi connectivity index (χ1v) is 7.78. The van der Waals surface area contributed by atoms with Crippen LogP contribution in [0.2, 0.25) is 0 Å². The standard InChI is InChI=1S/C17H27F2N/c1-3-4-5-6-7-8-9-10-15(20)14-12-11-13(2)16(18)17(14)19/h11-12,15H,3-10,20H2,1-2H3. The summed E-state index contributed by atoms with van der Waals surface area (Å²) in [4.78, 5) is 0. The average Bonchev–Trinajstić information content (AvgIpc) is 2.43. The van der Waals surface area contributed by atoms with Crippen molar-refractivity contribution in [2.75, 3.05) is 0 Å². The lowest BCUT2D eigenvalue weighted by molar-refractivity contribution is 0.471. The Balaban J connectivity index is 2.33. The molecule has 0 amide bonds. The van der Waals surface area contributed by atoms with Crippen molar-refractivity contribution in [1.82, 2.24) is 0 Å². The lowest BCUT2D eigenvalue weighted by Gasteiger charge is -2.14. The van der Waals surface area contributed by atoms with Gasteiger partial charge in [-0.05, 0) is 18.9 Å². The van der Waals surface area contributed by atoms with Crippen LogP contribution in [-0.2, 0) is 0 Å². The minimum absolute atomic E-state index is 0.305. The molecule has 0 aliphatic rings. The maximum absolute atomic E-state index is 13.8. The number of benzene rings is 1. The summed E-state index contributed by atoms with van der Waals surface area (Å²) in [5.41, 5.74) is 6.60. The quantitative estimate of drug-likeness (QED) is 0.602. The molecular formula is C17H27F2N. The zero-order valence-electron chi connectivity index (χ0n) is 12.7. The van der Waals surface area contributed by atoms with Crippen molar-refractivity contribution < 1.29 is 8.78 Å². The topological polar surface area (TPSA) is 26.0 Å². The average molecular weight is 283 g/mol. The Morgan fingerprint density at radius 1 is 0.950 bits per heavy atom. The van der Waals surface area contributed by atoms with E-state index in [1.807, 2.05) is 0 Å². The van der Waals surface area contributed by atoms with Crippen molar-refractivity contribution in [2.45, 2.75) is 71.3 Å². The van der Waals surface area contributed by atoms with Gasteiger partial charge in [-0.25, -0.2) is 8.78 Å². The SMILES string of the molecule is CCCCCCCCCC(N)c1ccc(C)c(F)c1F. The molecule has 114 valence electrons. The maximum atomic E-state index is 13.8. The van der Waals surface area contributed by atoms with E-state index >= 15 is 0 Å². The second-order valence-corrected chi connectivity index (χ2v) is 5.62. The molecule has 0 aliphatic carbocycles. The molecule has 0 saturated carbocycles. The van der Waals surface area contributed by atoms with Crippen LogP contribution >= 0.6 is 0 Å². The molecule has 0 spiro atoms. The Hall–Kier alpha value is -0.960. The van der Waals surface area contributed by atoms with E-state index in [0.717, 1.165) is 12.8 Å². The van der Waals surface area contributed by atoms with Crippen molar-refractivity contribution in [3.05, 3.63) is 34.9 Å². The Kier molecular flexibility index (Phi) is 7.75. The van der Waals surface area contributed by atoms with Gasteiger partial charge in [0.1, 0.15) is 0 Å². The molecule has 1 atom stereocenters. The normalized spacial score (nSPS) is 12.7. The molecule has 0 radical (unpaired) electrons. The first kappa shape index (κ1) is 17.1. The molecule has 2 N–H and O–H groups in total. The summed E-state index contributed by atoms with van der Waals surface area (Å²) in [5, 5.41) is 0. The number of nitrogens with two attached hydrogens (primary N) is 1. The molecule has 0 aliphatic heterocycles. The maximum Gasteiger partial charge on any atom is 0.163 e. The van der Waals surface area contributed by atoms with Crippen molar-refractivity contribution in [1.29, 1.82) is 0 Å². The molecular weight excluding hydrogens is 256 g/mol. The van der Waals surface area contributed by atoms with Gasteiger partial charge in [0.05, 0.1) is 0 Å². The minimum atomic E-state index is -0.777. The van der Waals surface area contributed by atoms with E-state index in [1.165, 1.54) is 32.1 Å². The molecule has 0 aromatic heterocycles. The van der Waals surface area contributed by atoms with Crippen molar-refractivity contribution in [3.63, 3.8) is 0 Å². The number of halogens is 2. The second-order valence-electron chi connectivity index (χ2n) is 5.62. The molecule has 0 heterocycles. The lowest BCUT2D eigenvalue weighted by Crippen LogP contribution is -2.13. The Bertz CT molecular complexity index is 404. The summed E-state index contributed by atoms with van der Waals surface area (Å²) in [7, 11) is 0. The van der Waals surface area contributed by atoms with E-state index in [2.05, 4.69) is 6.92 Å². The Morgan fingerprint density at radius 2 is 1.55 bits per heavy atom. The fourth-order valence-corrected chi connectivity index (χ4v) is 2.42. The molecule has 20 heavy (non-hydrogen) atoms. The van der Waals surface area contributed by atoms with Crippen molar-refractivity contribution in [2.24, 2.45) is 5.73 Å². The van der Waals surface area contributed by atoms with E-state index in [4.69, 9.17) is 5.73 Å². The highest BCUT2D eigenvalue weighted by atomic mass is 19.2. The van der Waals surface area contributed by atoms with Crippen LogP contribution in [-0.4, -0.2) is 0 Å². The highest BCUT2D eigenvalue weighted by molar-refractivity contribution is 5.27. The molecule has 0 fully saturated rings. The zero-order chi connectivity index (χ0) is 15.0. The largest absolute Gasteiger partial charge is 0.324 e. The van der Waals surface area contributed by atoms with E-state index in [0.29, 0.717) is 17.5 Å². The van der Waals surface area contributed by atoms with E-state index in [9.17, 15) is 8.78 Å². The lowest BCUT2D eigenvalue weighted by atomic mass is 9.98. The number of aryl methyl sites for hydroxylation is 1. The smallest absolute Gasteiger partial charge is 0.163 e. The highest BCUT2D eigenvalue weighted by Crippen LogP contribution is 2.24. The summed E-state index contributed by atoms with van der Waals surface area (Å²) >= 11 is 0. The summed E-state index contributed by atoms with van der Waals surface area (Å²) in [5.74, 6) is -1.54. The van der Waals surface area contributed by atoms with E-state index < -0.39 is 17.7 Å². The summed E-state index contributed by atoms with van der Waals surface area (Å²) in [6, 6.07) is 2.80.